The third kappa shape index (κ3) is 5.22. The van der Waals surface area contributed by atoms with Gasteiger partial charge < -0.3 is 14.5 Å². The Labute approximate surface area is 373 Å². The molecule has 0 N–H and O–H groups in total. The normalized spacial score (nSPS) is 13.2. The summed E-state index contributed by atoms with van der Waals surface area (Å²) in [5, 5.41) is 0. The van der Waals surface area contributed by atoms with Crippen molar-refractivity contribution in [2.45, 2.75) is 5.41 Å². The lowest BCUT2D eigenvalue weighted by atomic mass is 9.70. The number of para-hydroxylation sites is 5. The molecule has 0 amide bonds. The van der Waals surface area contributed by atoms with Crippen LogP contribution in [0, 0.1) is 0 Å². The zero-order valence-corrected chi connectivity index (χ0v) is 34.9. The van der Waals surface area contributed by atoms with Gasteiger partial charge in [0, 0.05) is 17.1 Å². The van der Waals surface area contributed by atoms with Crippen LogP contribution in [-0.4, -0.2) is 0 Å². The molecule has 10 aromatic rings. The van der Waals surface area contributed by atoms with Crippen molar-refractivity contribution in [1.29, 1.82) is 0 Å². The molecule has 0 radical (unpaired) electrons. The summed E-state index contributed by atoms with van der Waals surface area (Å²) in [5.41, 5.74) is 21.1. The molecule has 1 aliphatic heterocycles. The first-order valence-corrected chi connectivity index (χ1v) is 22.0. The van der Waals surface area contributed by atoms with Gasteiger partial charge in [-0.05, 0) is 127 Å². The number of rotatable bonds is 6. The average Bonchev–Trinajstić information content (AvgIpc) is 3.84. The van der Waals surface area contributed by atoms with E-state index in [0.29, 0.717) is 0 Å². The Kier molecular flexibility index (Phi) is 8.13. The van der Waals surface area contributed by atoms with Crippen molar-refractivity contribution in [3.8, 4) is 56.0 Å². The van der Waals surface area contributed by atoms with Crippen LogP contribution >= 0.6 is 0 Å². The van der Waals surface area contributed by atoms with Crippen molar-refractivity contribution in [3.05, 3.63) is 265 Å². The van der Waals surface area contributed by atoms with Gasteiger partial charge in [-0.25, -0.2) is 0 Å². The van der Waals surface area contributed by atoms with E-state index in [4.69, 9.17) is 4.74 Å². The number of benzene rings is 10. The fraction of sp³-hybridized carbons (Fsp3) is 0.0164. The van der Waals surface area contributed by atoms with Crippen LogP contribution in [0.2, 0.25) is 0 Å². The van der Waals surface area contributed by atoms with Gasteiger partial charge in [-0.3, -0.25) is 0 Å². The molecule has 13 rings (SSSR count). The summed E-state index contributed by atoms with van der Waals surface area (Å²) in [6.07, 6.45) is 0. The highest BCUT2D eigenvalue weighted by atomic mass is 16.5. The van der Waals surface area contributed by atoms with Crippen LogP contribution in [0.15, 0.2) is 243 Å². The molecular formula is C61H40N2O. The van der Waals surface area contributed by atoms with Gasteiger partial charge in [-0.1, -0.05) is 182 Å². The number of anilines is 6. The Morgan fingerprint density at radius 1 is 0.344 bits per heavy atom. The second-order valence-corrected chi connectivity index (χ2v) is 16.7. The standard InChI is InChI=1S/C61H40N2O/c1-3-19-42(20-4-1)62(56-34-18-35-57-60(56)64-58-36-16-15-33-55(58)63(57)43-21-5-2-6-22-43)44-39-37-41(38-40-44)45-23-7-8-24-46(45)49-28-17-32-54-59(49)50-27-11-14-31-53(50)61(54)51-29-12-9-25-47(51)48-26-10-13-30-52(48)61/h1-40H. The van der Waals surface area contributed by atoms with E-state index in [0.717, 1.165) is 51.2 Å². The molecule has 1 spiro atoms. The van der Waals surface area contributed by atoms with Gasteiger partial charge in [0.2, 0.25) is 0 Å². The molecule has 3 aliphatic rings. The van der Waals surface area contributed by atoms with Crippen LogP contribution in [0.4, 0.5) is 34.1 Å². The Morgan fingerprint density at radius 2 is 0.844 bits per heavy atom. The minimum Gasteiger partial charge on any atom is -0.451 e. The van der Waals surface area contributed by atoms with Crippen LogP contribution < -0.4 is 14.5 Å². The minimum absolute atomic E-state index is 0.396. The first-order valence-electron chi connectivity index (χ1n) is 22.0. The number of nitrogens with zero attached hydrogens (tertiary/aromatic N) is 2. The zero-order chi connectivity index (χ0) is 42.2. The third-order valence-electron chi connectivity index (χ3n) is 13.5. The minimum atomic E-state index is -0.396. The number of fused-ring (bicyclic) bond motifs is 12. The van der Waals surface area contributed by atoms with Crippen molar-refractivity contribution < 1.29 is 4.74 Å². The van der Waals surface area contributed by atoms with Gasteiger partial charge in [-0.15, -0.1) is 0 Å². The molecule has 0 unspecified atom stereocenters. The molecule has 3 nitrogen and oxygen atoms in total. The summed E-state index contributed by atoms with van der Waals surface area (Å²) < 4.78 is 6.89. The van der Waals surface area contributed by atoms with E-state index in [9.17, 15) is 0 Å². The Balaban J connectivity index is 0.948. The monoisotopic (exact) mass is 816 g/mol. The maximum absolute atomic E-state index is 6.89. The van der Waals surface area contributed by atoms with Crippen LogP contribution in [0.3, 0.4) is 0 Å². The summed E-state index contributed by atoms with van der Waals surface area (Å²) in [7, 11) is 0. The third-order valence-corrected chi connectivity index (χ3v) is 13.5. The van der Waals surface area contributed by atoms with Gasteiger partial charge in [-0.2, -0.15) is 0 Å². The second kappa shape index (κ2) is 14.3. The molecular weight excluding hydrogens is 777 g/mol. The molecule has 64 heavy (non-hydrogen) atoms. The molecule has 0 saturated heterocycles. The average molecular weight is 817 g/mol. The van der Waals surface area contributed by atoms with Gasteiger partial charge in [0.1, 0.15) is 0 Å². The molecule has 300 valence electrons. The molecule has 10 aromatic carbocycles. The van der Waals surface area contributed by atoms with E-state index < -0.39 is 5.41 Å². The highest BCUT2D eigenvalue weighted by molar-refractivity contribution is 6.02. The van der Waals surface area contributed by atoms with Crippen molar-refractivity contribution in [1.82, 2.24) is 0 Å². The molecule has 2 aliphatic carbocycles. The summed E-state index contributed by atoms with van der Waals surface area (Å²) >= 11 is 0. The Hall–Kier alpha value is -8.40. The predicted octanol–water partition coefficient (Wildman–Crippen LogP) is 16.4. The van der Waals surface area contributed by atoms with Crippen LogP contribution in [0.25, 0.3) is 44.5 Å². The van der Waals surface area contributed by atoms with Crippen molar-refractivity contribution in [2.75, 3.05) is 9.80 Å². The fourth-order valence-electron chi connectivity index (χ4n) is 10.9. The number of hydrogen-bond acceptors (Lipinski definition) is 3. The van der Waals surface area contributed by atoms with E-state index >= 15 is 0 Å². The molecule has 0 saturated carbocycles. The first-order chi connectivity index (χ1) is 31.8. The van der Waals surface area contributed by atoms with Crippen LogP contribution in [0.1, 0.15) is 22.3 Å². The van der Waals surface area contributed by atoms with Crippen molar-refractivity contribution in [2.24, 2.45) is 0 Å². The molecule has 0 atom stereocenters. The maximum atomic E-state index is 6.89. The van der Waals surface area contributed by atoms with Gasteiger partial charge >= 0.3 is 0 Å². The SMILES string of the molecule is c1ccc(N(c2ccc(-c3ccccc3-c3cccc4c3-c3ccccc3C43c4ccccc4-c4ccccc43)cc2)c2cccc3c2Oc2ccccc2N3c2ccccc2)cc1. The van der Waals surface area contributed by atoms with E-state index in [-0.39, 0.29) is 0 Å². The highest BCUT2D eigenvalue weighted by Gasteiger charge is 2.52. The summed E-state index contributed by atoms with van der Waals surface area (Å²) in [4.78, 5) is 4.61. The van der Waals surface area contributed by atoms with Crippen LogP contribution in [-0.2, 0) is 5.41 Å². The Morgan fingerprint density at radius 3 is 1.56 bits per heavy atom. The van der Waals surface area contributed by atoms with Crippen molar-refractivity contribution in [3.63, 3.8) is 0 Å². The van der Waals surface area contributed by atoms with E-state index in [1.807, 2.05) is 6.07 Å². The fourth-order valence-corrected chi connectivity index (χ4v) is 10.9. The lowest BCUT2D eigenvalue weighted by Gasteiger charge is -2.36. The highest BCUT2D eigenvalue weighted by Crippen LogP contribution is 2.64. The number of ether oxygens (including phenoxy) is 1. The van der Waals surface area contributed by atoms with Gasteiger partial charge in [0.05, 0.1) is 22.5 Å². The molecule has 0 aromatic heterocycles. The molecule has 0 bridgehead atoms. The van der Waals surface area contributed by atoms with Crippen molar-refractivity contribution >= 4 is 34.1 Å². The van der Waals surface area contributed by atoms with E-state index in [1.165, 1.54) is 61.2 Å². The summed E-state index contributed by atoms with van der Waals surface area (Å²) in [5.74, 6) is 1.61. The predicted molar refractivity (Wildman–Crippen MR) is 263 cm³/mol. The maximum Gasteiger partial charge on any atom is 0.175 e. The number of hydrogen-bond donors (Lipinski definition) is 0. The molecule has 1 heterocycles. The lowest BCUT2D eigenvalue weighted by molar-refractivity contribution is 0.478. The lowest BCUT2D eigenvalue weighted by Crippen LogP contribution is -2.25. The van der Waals surface area contributed by atoms with E-state index in [2.05, 4.69) is 246 Å². The summed E-state index contributed by atoms with van der Waals surface area (Å²) in [6.45, 7) is 0. The first kappa shape index (κ1) is 36.3. The van der Waals surface area contributed by atoms with Gasteiger partial charge in [0.15, 0.2) is 11.5 Å². The second-order valence-electron chi connectivity index (χ2n) is 16.7. The Bertz CT molecular complexity index is 3380. The van der Waals surface area contributed by atoms with Gasteiger partial charge in [0.25, 0.3) is 0 Å². The summed E-state index contributed by atoms with van der Waals surface area (Å²) in [6, 6.07) is 87.8. The largest absolute Gasteiger partial charge is 0.451 e. The molecule has 3 heteroatoms. The van der Waals surface area contributed by atoms with E-state index in [1.54, 1.807) is 0 Å². The molecule has 0 fully saturated rings. The van der Waals surface area contributed by atoms with Crippen LogP contribution in [0.5, 0.6) is 11.5 Å². The topological polar surface area (TPSA) is 15.7 Å². The quantitative estimate of drug-likeness (QED) is 0.166. The smallest absolute Gasteiger partial charge is 0.175 e. The zero-order valence-electron chi connectivity index (χ0n) is 34.9.